The van der Waals surface area contributed by atoms with Crippen molar-refractivity contribution in [3.63, 3.8) is 0 Å². The van der Waals surface area contributed by atoms with Crippen LogP contribution in [0.25, 0.3) is 66.1 Å². The highest BCUT2D eigenvalue weighted by atomic mass is 16.3. The molecule has 8 rings (SSSR count). The second-order valence-corrected chi connectivity index (χ2v) is 10.7. The Morgan fingerprint density at radius 2 is 0.950 bits per heavy atom. The molecule has 0 radical (unpaired) electrons. The highest BCUT2D eigenvalue weighted by Gasteiger charge is 2.28. The molecule has 1 nitrogen and oxygen atoms in total. The molecule has 0 heterocycles. The largest absolute Gasteiger partial charge is 0.508 e. The molecule has 1 N–H and O–H groups in total. The third-order valence-electron chi connectivity index (χ3n) is 8.38. The monoisotopic (exact) mass is 510 g/mol. The lowest BCUT2D eigenvalue weighted by Gasteiger charge is -2.17. The summed E-state index contributed by atoms with van der Waals surface area (Å²) >= 11 is 0. The summed E-state index contributed by atoms with van der Waals surface area (Å²) in [7, 11) is 0. The fraction of sp³-hybridized carbons (Fsp3) is 0.0256. The number of fused-ring (bicyclic) bond motifs is 5. The summed E-state index contributed by atoms with van der Waals surface area (Å²) in [4.78, 5) is 0. The normalized spacial score (nSPS) is 12.0. The van der Waals surface area contributed by atoms with Crippen LogP contribution in [0.4, 0.5) is 0 Å². The molecule has 0 amide bonds. The Bertz CT molecular complexity index is 2080. The van der Waals surface area contributed by atoms with Crippen LogP contribution in [0.2, 0.25) is 0 Å². The van der Waals surface area contributed by atoms with Crippen LogP contribution in [0.3, 0.4) is 0 Å². The molecule has 1 aliphatic rings. The minimum Gasteiger partial charge on any atom is -0.508 e. The minimum atomic E-state index is 0.287. The molecular weight excluding hydrogens is 484 g/mol. The highest BCUT2D eigenvalue weighted by molar-refractivity contribution is 6.02. The Hall–Kier alpha value is -5.14. The molecular formula is C39H26O. The van der Waals surface area contributed by atoms with Crippen LogP contribution in [0.15, 0.2) is 140 Å². The maximum Gasteiger partial charge on any atom is 0.115 e. The molecule has 0 saturated carbocycles. The van der Waals surface area contributed by atoms with Crippen LogP contribution in [0.1, 0.15) is 11.1 Å². The van der Waals surface area contributed by atoms with E-state index in [1.807, 2.05) is 12.1 Å². The molecule has 1 heteroatoms. The van der Waals surface area contributed by atoms with Crippen molar-refractivity contribution in [1.82, 2.24) is 0 Å². The zero-order valence-corrected chi connectivity index (χ0v) is 21.9. The summed E-state index contributed by atoms with van der Waals surface area (Å²) in [5, 5.41) is 15.0. The maximum absolute atomic E-state index is 9.96. The molecule has 7 aromatic rings. The first-order valence-corrected chi connectivity index (χ1v) is 13.8. The van der Waals surface area contributed by atoms with Gasteiger partial charge in [0.25, 0.3) is 0 Å². The maximum atomic E-state index is 9.96. The average molecular weight is 511 g/mol. The first-order valence-electron chi connectivity index (χ1n) is 13.8. The lowest BCUT2D eigenvalue weighted by atomic mass is 9.86. The van der Waals surface area contributed by atoms with E-state index >= 15 is 0 Å². The first kappa shape index (κ1) is 22.8. The van der Waals surface area contributed by atoms with Crippen molar-refractivity contribution >= 4 is 21.5 Å². The molecule has 40 heavy (non-hydrogen) atoms. The summed E-state index contributed by atoms with van der Waals surface area (Å²) in [5.74, 6) is 0.287. The lowest BCUT2D eigenvalue weighted by molar-refractivity contribution is 0.475. The fourth-order valence-electron chi connectivity index (χ4n) is 6.46. The van der Waals surface area contributed by atoms with Crippen molar-refractivity contribution < 1.29 is 5.11 Å². The SMILES string of the molecule is Oc1ccc(-c2ccc(-c3ccc4ccccc4c3)c3c2Cc2cccc(-c4ccc5ccccc5c4)c2-3)cc1. The summed E-state index contributed by atoms with van der Waals surface area (Å²) in [6.45, 7) is 0. The zero-order valence-electron chi connectivity index (χ0n) is 21.9. The number of hydrogen-bond donors (Lipinski definition) is 1. The van der Waals surface area contributed by atoms with Gasteiger partial charge in [-0.25, -0.2) is 0 Å². The second kappa shape index (κ2) is 8.97. The average Bonchev–Trinajstić information content (AvgIpc) is 3.41. The van der Waals surface area contributed by atoms with Crippen LogP contribution in [0.5, 0.6) is 5.75 Å². The molecule has 0 aromatic heterocycles. The van der Waals surface area contributed by atoms with Crippen molar-refractivity contribution in [2.24, 2.45) is 0 Å². The van der Waals surface area contributed by atoms with E-state index < -0.39 is 0 Å². The third-order valence-corrected chi connectivity index (χ3v) is 8.38. The Morgan fingerprint density at radius 1 is 0.400 bits per heavy atom. The smallest absolute Gasteiger partial charge is 0.115 e. The van der Waals surface area contributed by atoms with E-state index in [-0.39, 0.29) is 5.75 Å². The van der Waals surface area contributed by atoms with E-state index in [0.29, 0.717) is 0 Å². The van der Waals surface area contributed by atoms with E-state index in [2.05, 4.69) is 115 Å². The van der Waals surface area contributed by atoms with Crippen molar-refractivity contribution in [2.75, 3.05) is 0 Å². The number of benzene rings is 7. The van der Waals surface area contributed by atoms with Gasteiger partial charge in [-0.1, -0.05) is 115 Å². The van der Waals surface area contributed by atoms with Gasteiger partial charge in [-0.15, -0.1) is 0 Å². The molecule has 0 bridgehead atoms. The molecule has 1 aliphatic carbocycles. The van der Waals surface area contributed by atoms with E-state index in [0.717, 1.165) is 12.0 Å². The summed E-state index contributed by atoms with van der Waals surface area (Å²) in [6.07, 6.45) is 0.879. The van der Waals surface area contributed by atoms with Gasteiger partial charge in [0.2, 0.25) is 0 Å². The van der Waals surface area contributed by atoms with Crippen molar-refractivity contribution in [1.29, 1.82) is 0 Å². The standard InChI is InChI=1S/C39H26O/c40-33-18-16-27(17-19-33)34-20-21-36(31-15-13-26-7-2-4-9-29(26)23-31)39-37(34)24-32-10-5-11-35(38(32)39)30-14-12-25-6-1-3-8-28(25)22-30/h1-23,40H,24H2. The van der Waals surface area contributed by atoms with E-state index in [1.165, 1.54) is 71.6 Å². The molecule has 0 aliphatic heterocycles. The van der Waals surface area contributed by atoms with Gasteiger partial charge in [0.05, 0.1) is 0 Å². The van der Waals surface area contributed by atoms with Crippen LogP contribution in [0, 0.1) is 0 Å². The predicted molar refractivity (Wildman–Crippen MR) is 168 cm³/mol. The Balaban J connectivity index is 1.41. The number of phenolic OH excluding ortho intramolecular Hbond substituents is 1. The summed E-state index contributed by atoms with van der Waals surface area (Å²) in [5.41, 5.74) is 12.7. The number of phenols is 1. The second-order valence-electron chi connectivity index (χ2n) is 10.7. The number of aromatic hydroxyl groups is 1. The highest BCUT2D eigenvalue weighted by Crippen LogP contribution is 2.51. The first-order chi connectivity index (χ1) is 19.7. The number of hydrogen-bond acceptors (Lipinski definition) is 1. The van der Waals surface area contributed by atoms with Crippen molar-refractivity contribution in [2.45, 2.75) is 6.42 Å². The van der Waals surface area contributed by atoms with Gasteiger partial charge in [-0.3, -0.25) is 0 Å². The van der Waals surface area contributed by atoms with Gasteiger partial charge < -0.3 is 5.11 Å². The predicted octanol–water partition coefficient (Wildman–Crippen LogP) is 10.3. The molecule has 0 fully saturated rings. The van der Waals surface area contributed by atoms with Crippen molar-refractivity contribution in [3.8, 4) is 50.3 Å². The molecule has 0 saturated heterocycles. The van der Waals surface area contributed by atoms with Crippen LogP contribution < -0.4 is 0 Å². The molecule has 0 spiro atoms. The van der Waals surface area contributed by atoms with Crippen LogP contribution in [-0.2, 0) is 6.42 Å². The lowest BCUT2D eigenvalue weighted by Crippen LogP contribution is -1.92. The number of rotatable bonds is 3. The fourth-order valence-corrected chi connectivity index (χ4v) is 6.46. The van der Waals surface area contributed by atoms with Gasteiger partial charge >= 0.3 is 0 Å². The van der Waals surface area contributed by atoms with Gasteiger partial charge in [0, 0.05) is 0 Å². The topological polar surface area (TPSA) is 20.2 Å². The van der Waals surface area contributed by atoms with Gasteiger partial charge in [-0.2, -0.15) is 0 Å². The van der Waals surface area contributed by atoms with Crippen LogP contribution in [-0.4, -0.2) is 5.11 Å². The summed E-state index contributed by atoms with van der Waals surface area (Å²) in [6, 6.07) is 49.7. The minimum absolute atomic E-state index is 0.287. The van der Waals surface area contributed by atoms with E-state index in [1.54, 1.807) is 12.1 Å². The van der Waals surface area contributed by atoms with Gasteiger partial charge in [-0.05, 0) is 108 Å². The zero-order chi connectivity index (χ0) is 26.6. The molecule has 0 atom stereocenters. The van der Waals surface area contributed by atoms with Crippen LogP contribution >= 0.6 is 0 Å². The molecule has 0 unspecified atom stereocenters. The van der Waals surface area contributed by atoms with E-state index in [4.69, 9.17) is 0 Å². The van der Waals surface area contributed by atoms with E-state index in [9.17, 15) is 5.11 Å². The molecule has 7 aromatic carbocycles. The van der Waals surface area contributed by atoms with Gasteiger partial charge in [0.15, 0.2) is 0 Å². The Morgan fingerprint density at radius 3 is 1.60 bits per heavy atom. The van der Waals surface area contributed by atoms with Crippen molar-refractivity contribution in [3.05, 3.63) is 151 Å². The summed E-state index contributed by atoms with van der Waals surface area (Å²) < 4.78 is 0. The third kappa shape index (κ3) is 3.63. The molecule has 188 valence electrons. The Kier molecular flexibility index (Phi) is 5.11. The Labute approximate surface area is 233 Å². The van der Waals surface area contributed by atoms with Gasteiger partial charge in [0.1, 0.15) is 5.75 Å². The quantitative estimate of drug-likeness (QED) is 0.251.